The number of aryl methyl sites for hydroxylation is 1. The molecule has 2 aromatic rings. The molecule has 0 aliphatic carbocycles. The fourth-order valence-corrected chi connectivity index (χ4v) is 6.22. The molecule has 0 unspecified atom stereocenters. The van der Waals surface area contributed by atoms with Gasteiger partial charge >= 0.3 is 12.3 Å². The second kappa shape index (κ2) is 10.5. The molecule has 2 atom stereocenters. The molecule has 1 amide bonds. The van der Waals surface area contributed by atoms with Gasteiger partial charge in [0, 0.05) is 25.2 Å². The first kappa shape index (κ1) is 27.5. The number of halogens is 3. The van der Waals surface area contributed by atoms with Gasteiger partial charge in [-0.05, 0) is 61.7 Å². The van der Waals surface area contributed by atoms with Gasteiger partial charge in [-0.3, -0.25) is 9.59 Å². The lowest BCUT2D eigenvalue weighted by Crippen LogP contribution is -2.59. The van der Waals surface area contributed by atoms with Crippen LogP contribution in [0.25, 0.3) is 0 Å². The molecular weight excluding hydrogens is 501 g/mol. The van der Waals surface area contributed by atoms with Gasteiger partial charge in [0.25, 0.3) is 0 Å². The molecule has 1 N–H and O–H groups in total. The quantitative estimate of drug-likeness (QED) is 0.591. The molecule has 0 radical (unpaired) electrons. The molecule has 8 nitrogen and oxygen atoms in total. The topological polar surface area (TPSA) is 104 Å². The lowest BCUT2D eigenvalue weighted by Gasteiger charge is -2.43. The van der Waals surface area contributed by atoms with Crippen molar-refractivity contribution in [3.05, 3.63) is 59.2 Å². The third kappa shape index (κ3) is 6.55. The number of carboxylic acid groups (broad SMARTS) is 1. The number of nitrogens with zero attached hydrogens (tertiary/aromatic N) is 2. The average molecular weight is 529 g/mol. The smallest absolute Gasteiger partial charge is 0.481 e. The summed E-state index contributed by atoms with van der Waals surface area (Å²) in [5, 5.41) is 9.11. The van der Waals surface area contributed by atoms with E-state index >= 15 is 0 Å². The first-order valence-electron chi connectivity index (χ1n) is 11.1. The SMILES string of the molecule is Cc1ccc(S(=O)(=O)N2[C@H](C)CN(C(=O)Cc3ccc(OC(F)(F)F)cc3)C[C@@H]2C)cc1CC(=O)O. The summed E-state index contributed by atoms with van der Waals surface area (Å²) in [4.78, 5) is 25.5. The molecule has 1 heterocycles. The highest BCUT2D eigenvalue weighted by Crippen LogP contribution is 2.28. The molecule has 1 aliphatic rings. The van der Waals surface area contributed by atoms with Crippen LogP contribution >= 0.6 is 0 Å². The van der Waals surface area contributed by atoms with Crippen molar-refractivity contribution in [2.24, 2.45) is 0 Å². The minimum atomic E-state index is -4.81. The average Bonchev–Trinajstić information content (AvgIpc) is 2.74. The Morgan fingerprint density at radius 3 is 2.14 bits per heavy atom. The molecule has 1 aliphatic heterocycles. The van der Waals surface area contributed by atoms with Gasteiger partial charge in [0.1, 0.15) is 5.75 Å². The van der Waals surface area contributed by atoms with Gasteiger partial charge in [-0.1, -0.05) is 18.2 Å². The van der Waals surface area contributed by atoms with Gasteiger partial charge in [-0.2, -0.15) is 4.31 Å². The minimum absolute atomic E-state index is 0.0102. The normalized spacial score (nSPS) is 19.2. The van der Waals surface area contributed by atoms with Crippen LogP contribution in [0.15, 0.2) is 47.4 Å². The molecule has 2 aromatic carbocycles. The lowest BCUT2D eigenvalue weighted by molar-refractivity contribution is -0.274. The number of carboxylic acids is 1. The Bertz CT molecular complexity index is 1220. The highest BCUT2D eigenvalue weighted by atomic mass is 32.2. The highest BCUT2D eigenvalue weighted by molar-refractivity contribution is 7.89. The Morgan fingerprint density at radius 2 is 1.61 bits per heavy atom. The molecule has 0 bridgehead atoms. The van der Waals surface area contributed by atoms with E-state index < -0.39 is 34.4 Å². The second-order valence-corrected chi connectivity index (χ2v) is 10.7. The molecule has 36 heavy (non-hydrogen) atoms. The van der Waals surface area contributed by atoms with E-state index in [-0.39, 0.29) is 42.5 Å². The number of carbonyl (C=O) groups is 2. The zero-order valence-electron chi connectivity index (χ0n) is 19.9. The van der Waals surface area contributed by atoms with Crippen LogP contribution in [0.3, 0.4) is 0 Å². The lowest BCUT2D eigenvalue weighted by atomic mass is 10.1. The Morgan fingerprint density at radius 1 is 1.03 bits per heavy atom. The summed E-state index contributed by atoms with van der Waals surface area (Å²) < 4.78 is 69.0. The van der Waals surface area contributed by atoms with E-state index in [4.69, 9.17) is 5.11 Å². The van der Waals surface area contributed by atoms with Crippen LogP contribution in [-0.4, -0.2) is 66.1 Å². The van der Waals surface area contributed by atoms with E-state index in [1.165, 1.54) is 33.5 Å². The Kier molecular flexibility index (Phi) is 7.99. The zero-order valence-corrected chi connectivity index (χ0v) is 20.8. The fourth-order valence-electron chi connectivity index (χ4n) is 4.36. The number of benzene rings is 2. The van der Waals surface area contributed by atoms with Crippen LogP contribution < -0.4 is 4.74 Å². The summed E-state index contributed by atoms with van der Waals surface area (Å²) in [6.07, 6.45) is -5.17. The summed E-state index contributed by atoms with van der Waals surface area (Å²) in [5.74, 6) is -1.74. The minimum Gasteiger partial charge on any atom is -0.481 e. The van der Waals surface area contributed by atoms with Gasteiger partial charge in [0.05, 0.1) is 17.7 Å². The summed E-state index contributed by atoms with van der Waals surface area (Å²) in [5.41, 5.74) is 1.57. The zero-order chi connectivity index (χ0) is 26.8. The largest absolute Gasteiger partial charge is 0.573 e. The van der Waals surface area contributed by atoms with E-state index in [0.717, 1.165) is 12.1 Å². The number of hydrogen-bond donors (Lipinski definition) is 1. The van der Waals surface area contributed by atoms with Crippen LogP contribution in [0.2, 0.25) is 0 Å². The van der Waals surface area contributed by atoms with E-state index in [9.17, 15) is 31.2 Å². The first-order chi connectivity index (χ1) is 16.7. The number of alkyl halides is 3. The highest BCUT2D eigenvalue weighted by Gasteiger charge is 2.40. The summed E-state index contributed by atoms with van der Waals surface area (Å²) in [7, 11) is -3.97. The monoisotopic (exact) mass is 528 g/mol. The van der Waals surface area contributed by atoms with Crippen LogP contribution in [0, 0.1) is 6.92 Å². The van der Waals surface area contributed by atoms with Crippen molar-refractivity contribution in [2.75, 3.05) is 13.1 Å². The van der Waals surface area contributed by atoms with Gasteiger partial charge in [0.15, 0.2) is 0 Å². The van der Waals surface area contributed by atoms with Crippen LogP contribution in [0.5, 0.6) is 5.75 Å². The predicted molar refractivity (Wildman–Crippen MR) is 124 cm³/mol. The number of rotatable bonds is 7. The summed E-state index contributed by atoms with van der Waals surface area (Å²) in [6.45, 7) is 5.34. The Hall–Kier alpha value is -3.12. The Labute approximate surface area is 207 Å². The first-order valence-corrected chi connectivity index (χ1v) is 12.6. The third-order valence-corrected chi connectivity index (χ3v) is 8.07. The van der Waals surface area contributed by atoms with Crippen LogP contribution in [0.1, 0.15) is 30.5 Å². The number of ether oxygens (including phenoxy) is 1. The second-order valence-electron chi connectivity index (χ2n) is 8.86. The summed E-state index contributed by atoms with van der Waals surface area (Å²) >= 11 is 0. The number of piperazine rings is 1. The van der Waals surface area contributed by atoms with Crippen LogP contribution in [-0.2, 0) is 32.5 Å². The van der Waals surface area contributed by atoms with E-state index in [2.05, 4.69) is 4.74 Å². The summed E-state index contributed by atoms with van der Waals surface area (Å²) in [6, 6.07) is 8.28. The maximum atomic E-state index is 13.4. The van der Waals surface area contributed by atoms with Crippen molar-refractivity contribution >= 4 is 21.9 Å². The molecular formula is C24H27F3N2O6S. The maximum Gasteiger partial charge on any atom is 0.573 e. The van der Waals surface area contributed by atoms with Gasteiger partial charge in [0.2, 0.25) is 15.9 Å². The molecule has 12 heteroatoms. The molecule has 1 saturated heterocycles. The van der Waals surface area contributed by atoms with Crippen molar-refractivity contribution in [1.29, 1.82) is 0 Å². The van der Waals surface area contributed by atoms with Gasteiger partial charge in [-0.15, -0.1) is 13.2 Å². The third-order valence-electron chi connectivity index (χ3n) is 5.94. The molecule has 0 saturated carbocycles. The molecule has 196 valence electrons. The van der Waals surface area contributed by atoms with Crippen molar-refractivity contribution in [2.45, 2.75) is 57.0 Å². The molecule has 0 spiro atoms. The van der Waals surface area contributed by atoms with Crippen molar-refractivity contribution in [1.82, 2.24) is 9.21 Å². The van der Waals surface area contributed by atoms with E-state index in [0.29, 0.717) is 16.7 Å². The molecule has 1 fully saturated rings. The maximum absolute atomic E-state index is 13.4. The number of aliphatic carboxylic acids is 1. The van der Waals surface area contributed by atoms with E-state index in [1.807, 2.05) is 0 Å². The number of hydrogen-bond acceptors (Lipinski definition) is 5. The van der Waals surface area contributed by atoms with E-state index in [1.54, 1.807) is 26.8 Å². The van der Waals surface area contributed by atoms with Gasteiger partial charge < -0.3 is 14.7 Å². The van der Waals surface area contributed by atoms with Gasteiger partial charge in [-0.25, -0.2) is 8.42 Å². The molecule has 0 aromatic heterocycles. The number of carbonyl (C=O) groups excluding carboxylic acids is 1. The van der Waals surface area contributed by atoms with Crippen molar-refractivity contribution in [3.63, 3.8) is 0 Å². The fraction of sp³-hybridized carbons (Fsp3) is 0.417. The van der Waals surface area contributed by atoms with Crippen LogP contribution in [0.4, 0.5) is 13.2 Å². The Balaban J connectivity index is 1.71. The number of amides is 1. The molecule has 3 rings (SSSR count). The standard InChI is InChI=1S/C24H27F3N2O6S/c1-15-4-9-21(11-19(15)12-23(31)32)36(33,34)29-16(2)13-28(14-17(29)3)22(30)10-18-5-7-20(8-6-18)35-24(25,26)27/h4-9,11,16-17H,10,12-14H2,1-3H3,(H,31,32)/t16-,17+. The van der Waals surface area contributed by atoms with Crippen molar-refractivity contribution in [3.8, 4) is 5.75 Å². The van der Waals surface area contributed by atoms with Crippen molar-refractivity contribution < 1.29 is 41.0 Å². The number of sulfonamides is 1. The predicted octanol–water partition coefficient (Wildman–Crippen LogP) is 3.37.